The maximum Gasteiger partial charge on any atom is 0.160 e. The maximum atomic E-state index is 10.5. The van der Waals surface area contributed by atoms with E-state index in [9.17, 15) is 4.79 Å². The van der Waals surface area contributed by atoms with Crippen molar-refractivity contribution in [3.63, 3.8) is 0 Å². The molecule has 0 rings (SSSR count). The molecule has 0 radical (unpaired) electrons. The van der Waals surface area contributed by atoms with E-state index in [0.29, 0.717) is 0 Å². The Morgan fingerprint density at radius 3 is 1.73 bits per heavy atom. The van der Waals surface area contributed by atoms with E-state index in [4.69, 9.17) is 10.2 Å². The molecule has 3 heteroatoms. The molecule has 0 fully saturated rings. The summed E-state index contributed by atoms with van der Waals surface area (Å²) in [7, 11) is 0. The highest BCUT2D eigenvalue weighted by Crippen LogP contribution is 2.06. The van der Waals surface area contributed by atoms with Crippen molar-refractivity contribution in [3.8, 4) is 0 Å². The molecule has 68 valence electrons. The summed E-state index contributed by atoms with van der Waals surface area (Å²) in [5.74, 6) is -0.472. The number of hydrogen-bond donors (Lipinski definition) is 2. The standard InChI is InChI=1S/C7H14O3.CH4/c1-4(2)6(9)7(10)5(3)8;/h4,6-7,9-10H,1-3H3;1H4. The second kappa shape index (κ2) is 5.27. The van der Waals surface area contributed by atoms with Crippen molar-refractivity contribution in [2.45, 2.75) is 40.4 Å². The summed E-state index contributed by atoms with van der Waals surface area (Å²) in [5.41, 5.74) is 0. The van der Waals surface area contributed by atoms with Gasteiger partial charge in [0.25, 0.3) is 0 Å². The Kier molecular flexibility index (Phi) is 6.32. The summed E-state index contributed by atoms with van der Waals surface area (Å²) in [4.78, 5) is 10.5. The predicted octanol–water partition coefficient (Wildman–Crippen LogP) is 0.589. The molecule has 0 aliphatic heterocycles. The Balaban J connectivity index is 0. The van der Waals surface area contributed by atoms with Crippen molar-refractivity contribution in [1.29, 1.82) is 0 Å². The predicted molar refractivity (Wildman–Crippen MR) is 44.3 cm³/mol. The maximum absolute atomic E-state index is 10.5. The third kappa shape index (κ3) is 4.11. The summed E-state index contributed by atoms with van der Waals surface area (Å²) < 4.78 is 0. The van der Waals surface area contributed by atoms with Gasteiger partial charge in [0, 0.05) is 0 Å². The van der Waals surface area contributed by atoms with Gasteiger partial charge in [0.15, 0.2) is 5.78 Å². The zero-order valence-electron chi connectivity index (χ0n) is 6.53. The topological polar surface area (TPSA) is 57.5 Å². The van der Waals surface area contributed by atoms with E-state index in [1.807, 2.05) is 0 Å². The molecule has 0 aromatic carbocycles. The number of carbonyl (C=O) groups is 1. The minimum atomic E-state index is -1.22. The lowest BCUT2D eigenvalue weighted by atomic mass is 10.00. The Labute approximate surface area is 68.0 Å². The molecule has 0 aliphatic rings. The highest BCUT2D eigenvalue weighted by atomic mass is 16.3. The third-order valence-corrected chi connectivity index (χ3v) is 1.42. The number of carbonyl (C=O) groups excluding carboxylic acids is 1. The summed E-state index contributed by atoms with van der Waals surface area (Å²) in [6.07, 6.45) is -2.16. The van der Waals surface area contributed by atoms with Gasteiger partial charge in [-0.05, 0) is 12.8 Å². The fraction of sp³-hybridized carbons (Fsp3) is 0.875. The second-order valence-corrected chi connectivity index (χ2v) is 2.79. The van der Waals surface area contributed by atoms with E-state index >= 15 is 0 Å². The van der Waals surface area contributed by atoms with E-state index in [1.165, 1.54) is 6.92 Å². The average Bonchev–Trinajstić information content (AvgIpc) is 1.84. The average molecular weight is 162 g/mol. The van der Waals surface area contributed by atoms with E-state index in [2.05, 4.69) is 0 Å². The van der Waals surface area contributed by atoms with Gasteiger partial charge in [0.2, 0.25) is 0 Å². The molecule has 0 bridgehead atoms. The molecular formula is C8H18O3. The Morgan fingerprint density at radius 2 is 1.64 bits per heavy atom. The van der Waals surface area contributed by atoms with E-state index < -0.39 is 12.2 Å². The van der Waals surface area contributed by atoms with Crippen molar-refractivity contribution < 1.29 is 15.0 Å². The highest BCUT2D eigenvalue weighted by Gasteiger charge is 2.22. The number of aliphatic hydroxyl groups is 2. The lowest BCUT2D eigenvalue weighted by Gasteiger charge is -2.17. The van der Waals surface area contributed by atoms with Crippen LogP contribution in [0.15, 0.2) is 0 Å². The fourth-order valence-corrected chi connectivity index (χ4v) is 0.605. The summed E-state index contributed by atoms with van der Waals surface area (Å²) >= 11 is 0. The molecular weight excluding hydrogens is 144 g/mol. The number of aliphatic hydroxyl groups excluding tert-OH is 2. The first kappa shape index (κ1) is 13.2. The van der Waals surface area contributed by atoms with Crippen LogP contribution < -0.4 is 0 Å². The Hall–Kier alpha value is -0.410. The largest absolute Gasteiger partial charge is 0.390 e. The van der Waals surface area contributed by atoms with Gasteiger partial charge in [-0.2, -0.15) is 0 Å². The Morgan fingerprint density at radius 1 is 1.27 bits per heavy atom. The number of hydrogen-bond acceptors (Lipinski definition) is 3. The Bertz CT molecular complexity index is 121. The molecule has 11 heavy (non-hydrogen) atoms. The zero-order chi connectivity index (χ0) is 8.31. The van der Waals surface area contributed by atoms with Crippen LogP contribution >= 0.6 is 0 Å². The lowest BCUT2D eigenvalue weighted by molar-refractivity contribution is -0.132. The minimum Gasteiger partial charge on any atom is -0.390 e. The van der Waals surface area contributed by atoms with Crippen molar-refractivity contribution in [1.82, 2.24) is 0 Å². The van der Waals surface area contributed by atoms with Gasteiger partial charge >= 0.3 is 0 Å². The lowest BCUT2D eigenvalue weighted by Crippen LogP contribution is -2.35. The molecule has 3 nitrogen and oxygen atoms in total. The quantitative estimate of drug-likeness (QED) is 0.638. The van der Waals surface area contributed by atoms with E-state index in [0.717, 1.165) is 0 Å². The van der Waals surface area contributed by atoms with E-state index in [1.54, 1.807) is 13.8 Å². The van der Waals surface area contributed by atoms with Crippen molar-refractivity contribution in [2.24, 2.45) is 5.92 Å². The molecule has 0 aliphatic carbocycles. The normalized spacial score (nSPS) is 15.5. The molecule has 0 aromatic rings. The molecule has 0 heterocycles. The van der Waals surface area contributed by atoms with Crippen LogP contribution in [-0.4, -0.2) is 28.2 Å². The summed E-state index contributed by atoms with van der Waals surface area (Å²) in [6, 6.07) is 0. The smallest absolute Gasteiger partial charge is 0.160 e. The van der Waals surface area contributed by atoms with Crippen LogP contribution in [0.3, 0.4) is 0 Å². The van der Waals surface area contributed by atoms with Gasteiger partial charge in [-0.1, -0.05) is 21.3 Å². The number of rotatable bonds is 3. The van der Waals surface area contributed by atoms with Crippen LogP contribution in [0.5, 0.6) is 0 Å². The minimum absolute atomic E-state index is 0. The monoisotopic (exact) mass is 162 g/mol. The van der Waals surface area contributed by atoms with Crippen LogP contribution in [0.4, 0.5) is 0 Å². The van der Waals surface area contributed by atoms with Gasteiger partial charge in [-0.25, -0.2) is 0 Å². The summed E-state index contributed by atoms with van der Waals surface area (Å²) in [6.45, 7) is 4.75. The van der Waals surface area contributed by atoms with Gasteiger partial charge in [-0.3, -0.25) is 4.79 Å². The highest BCUT2D eigenvalue weighted by molar-refractivity contribution is 5.80. The second-order valence-electron chi connectivity index (χ2n) is 2.79. The van der Waals surface area contributed by atoms with Gasteiger partial charge in [-0.15, -0.1) is 0 Å². The first-order valence-electron chi connectivity index (χ1n) is 3.33. The molecule has 2 unspecified atom stereocenters. The van der Waals surface area contributed by atoms with Crippen LogP contribution in [0.25, 0.3) is 0 Å². The SMILES string of the molecule is C.CC(=O)C(O)C(O)C(C)C. The number of ketones is 1. The van der Waals surface area contributed by atoms with Crippen LogP contribution in [0.2, 0.25) is 0 Å². The van der Waals surface area contributed by atoms with Gasteiger partial charge in [0.05, 0.1) is 6.10 Å². The first-order valence-corrected chi connectivity index (χ1v) is 3.33. The zero-order valence-corrected chi connectivity index (χ0v) is 6.53. The molecule has 0 spiro atoms. The molecule has 2 N–H and O–H groups in total. The van der Waals surface area contributed by atoms with Gasteiger partial charge in [0.1, 0.15) is 6.10 Å². The van der Waals surface area contributed by atoms with Gasteiger partial charge < -0.3 is 10.2 Å². The van der Waals surface area contributed by atoms with Crippen LogP contribution in [0.1, 0.15) is 28.2 Å². The summed E-state index contributed by atoms with van der Waals surface area (Å²) in [5, 5.41) is 18.1. The molecule has 2 atom stereocenters. The van der Waals surface area contributed by atoms with Crippen molar-refractivity contribution in [2.75, 3.05) is 0 Å². The molecule has 0 saturated heterocycles. The van der Waals surface area contributed by atoms with Crippen molar-refractivity contribution in [3.05, 3.63) is 0 Å². The molecule has 0 amide bonds. The van der Waals surface area contributed by atoms with Crippen molar-refractivity contribution >= 4 is 5.78 Å². The van der Waals surface area contributed by atoms with E-state index in [-0.39, 0.29) is 19.1 Å². The third-order valence-electron chi connectivity index (χ3n) is 1.42. The van der Waals surface area contributed by atoms with Crippen LogP contribution in [-0.2, 0) is 4.79 Å². The molecule has 0 aromatic heterocycles. The first-order chi connectivity index (χ1) is 4.46. The number of Topliss-reactive ketones (excluding diaryl/α,β-unsaturated/α-hetero) is 1. The molecule has 0 saturated carbocycles. The van der Waals surface area contributed by atoms with Crippen LogP contribution in [0, 0.1) is 5.92 Å². The fourth-order valence-electron chi connectivity index (χ4n) is 0.605.